The van der Waals surface area contributed by atoms with Crippen LogP contribution in [0.4, 0.5) is 0 Å². The lowest BCUT2D eigenvalue weighted by Gasteiger charge is -2.56. The molecule has 6 rings (SSSR count). The van der Waals surface area contributed by atoms with Crippen molar-refractivity contribution in [1.29, 1.82) is 0 Å². The van der Waals surface area contributed by atoms with Crippen molar-refractivity contribution in [2.45, 2.75) is 51.0 Å². The highest BCUT2D eigenvalue weighted by Gasteiger charge is 2.51. The first kappa shape index (κ1) is 17.5. The zero-order chi connectivity index (χ0) is 18.6. The topological polar surface area (TPSA) is 29.1 Å². The molecule has 2 nitrogen and oxygen atoms in total. The Kier molecular flexibility index (Phi) is 4.19. The van der Waals surface area contributed by atoms with E-state index in [1.165, 1.54) is 44.1 Å². The molecule has 4 aliphatic rings. The molecule has 4 saturated carbocycles. The van der Waals surface area contributed by atoms with Gasteiger partial charge < -0.3 is 5.32 Å². The van der Waals surface area contributed by atoms with Gasteiger partial charge in [0.25, 0.3) is 5.91 Å². The highest BCUT2D eigenvalue weighted by atomic mass is 79.9. The van der Waals surface area contributed by atoms with E-state index in [-0.39, 0.29) is 11.4 Å². The number of halogens is 1. The van der Waals surface area contributed by atoms with Crippen molar-refractivity contribution in [2.24, 2.45) is 17.8 Å². The molecule has 0 heterocycles. The first-order valence-electron chi connectivity index (χ1n) is 10.2. The van der Waals surface area contributed by atoms with Crippen LogP contribution in [0.2, 0.25) is 0 Å². The minimum Gasteiger partial charge on any atom is -0.347 e. The quantitative estimate of drug-likeness (QED) is 0.632. The van der Waals surface area contributed by atoms with Gasteiger partial charge in [-0.2, -0.15) is 0 Å². The molecule has 4 fully saturated rings. The summed E-state index contributed by atoms with van der Waals surface area (Å²) in [4.78, 5) is 13.4. The van der Waals surface area contributed by atoms with E-state index in [0.717, 1.165) is 38.9 Å². The predicted octanol–water partition coefficient (Wildman–Crippen LogP) is 6.12. The van der Waals surface area contributed by atoms with E-state index in [0.29, 0.717) is 0 Å². The number of nitrogens with one attached hydrogen (secondary N) is 1. The fourth-order valence-electron chi connectivity index (χ4n) is 6.26. The molecule has 1 N–H and O–H groups in total. The standard InChI is InChI=1S/C24H26BrNO/c1-15-2-4-19(5-3-15)22-11-20(25)6-7-21(22)23(27)26-24-12-16-8-17(13-24)10-18(9-16)14-24/h2-7,11,16-18H,8-10,12-14H2,1H3,(H,26,27). The van der Waals surface area contributed by atoms with Crippen LogP contribution in [0.15, 0.2) is 46.9 Å². The lowest BCUT2D eigenvalue weighted by atomic mass is 9.53. The third kappa shape index (κ3) is 3.24. The van der Waals surface area contributed by atoms with Crippen molar-refractivity contribution >= 4 is 21.8 Å². The summed E-state index contributed by atoms with van der Waals surface area (Å²) in [6.45, 7) is 2.09. The molecule has 1 amide bonds. The van der Waals surface area contributed by atoms with Crippen LogP contribution in [0.5, 0.6) is 0 Å². The van der Waals surface area contributed by atoms with Crippen LogP contribution in [0, 0.1) is 24.7 Å². The van der Waals surface area contributed by atoms with Gasteiger partial charge in [0.1, 0.15) is 0 Å². The molecule has 4 bridgehead atoms. The smallest absolute Gasteiger partial charge is 0.252 e. The summed E-state index contributed by atoms with van der Waals surface area (Å²) in [5.74, 6) is 2.59. The van der Waals surface area contributed by atoms with Crippen molar-refractivity contribution < 1.29 is 4.79 Å². The minimum atomic E-state index is 0.0451. The Morgan fingerprint density at radius 3 is 2.15 bits per heavy atom. The summed E-state index contributed by atoms with van der Waals surface area (Å²) < 4.78 is 1.00. The Morgan fingerprint density at radius 2 is 1.56 bits per heavy atom. The molecule has 0 spiro atoms. The molecule has 0 aliphatic heterocycles. The number of carbonyl (C=O) groups excluding carboxylic acids is 1. The second-order valence-corrected chi connectivity index (χ2v) is 10.1. The molecular formula is C24H26BrNO. The van der Waals surface area contributed by atoms with Crippen LogP contribution >= 0.6 is 15.9 Å². The van der Waals surface area contributed by atoms with E-state index in [9.17, 15) is 4.79 Å². The number of benzene rings is 2. The van der Waals surface area contributed by atoms with Crippen molar-refractivity contribution in [1.82, 2.24) is 5.32 Å². The Bertz CT molecular complexity index is 850. The van der Waals surface area contributed by atoms with Gasteiger partial charge in [0, 0.05) is 15.6 Å². The monoisotopic (exact) mass is 423 g/mol. The maximum atomic E-state index is 13.4. The molecule has 0 atom stereocenters. The third-order valence-electron chi connectivity index (χ3n) is 7.01. The second kappa shape index (κ2) is 6.48. The van der Waals surface area contributed by atoms with Crippen LogP contribution in [-0.2, 0) is 0 Å². The molecule has 3 heteroatoms. The Morgan fingerprint density at radius 1 is 0.963 bits per heavy atom. The fourth-order valence-corrected chi connectivity index (χ4v) is 6.62. The zero-order valence-electron chi connectivity index (χ0n) is 15.8. The van der Waals surface area contributed by atoms with Gasteiger partial charge in [0.15, 0.2) is 0 Å². The average Bonchev–Trinajstić information content (AvgIpc) is 2.60. The van der Waals surface area contributed by atoms with Gasteiger partial charge in [-0.05, 0) is 92.5 Å². The average molecular weight is 424 g/mol. The van der Waals surface area contributed by atoms with Crippen LogP contribution in [0.25, 0.3) is 11.1 Å². The van der Waals surface area contributed by atoms with Crippen molar-refractivity contribution in [3.05, 3.63) is 58.1 Å². The first-order valence-corrected chi connectivity index (χ1v) is 11.0. The van der Waals surface area contributed by atoms with Gasteiger partial charge in [-0.1, -0.05) is 45.8 Å². The molecule has 140 valence electrons. The maximum Gasteiger partial charge on any atom is 0.252 e. The van der Waals surface area contributed by atoms with Crippen molar-refractivity contribution in [2.75, 3.05) is 0 Å². The van der Waals surface area contributed by atoms with Crippen LogP contribution in [-0.4, -0.2) is 11.4 Å². The molecule has 0 unspecified atom stereocenters. The van der Waals surface area contributed by atoms with Gasteiger partial charge in [-0.3, -0.25) is 4.79 Å². The van der Waals surface area contributed by atoms with E-state index in [1.807, 2.05) is 12.1 Å². The number of rotatable bonds is 3. The summed E-state index contributed by atoms with van der Waals surface area (Å²) in [5, 5.41) is 3.53. The van der Waals surface area contributed by atoms with Crippen LogP contribution in [0.3, 0.4) is 0 Å². The number of amides is 1. The summed E-state index contributed by atoms with van der Waals surface area (Å²) in [7, 11) is 0. The summed E-state index contributed by atoms with van der Waals surface area (Å²) in [5.41, 5.74) is 4.17. The number of carbonyl (C=O) groups is 1. The first-order chi connectivity index (χ1) is 13.0. The van der Waals surface area contributed by atoms with Gasteiger partial charge in [0.2, 0.25) is 0 Å². The lowest BCUT2D eigenvalue weighted by molar-refractivity contribution is -0.0166. The Hall–Kier alpha value is -1.61. The normalized spacial score (nSPS) is 31.1. The molecule has 27 heavy (non-hydrogen) atoms. The number of hydrogen-bond donors (Lipinski definition) is 1. The van der Waals surface area contributed by atoms with Crippen LogP contribution < -0.4 is 5.32 Å². The van der Waals surface area contributed by atoms with Gasteiger partial charge in [-0.25, -0.2) is 0 Å². The molecule has 2 aromatic carbocycles. The summed E-state index contributed by atoms with van der Waals surface area (Å²) in [6, 6.07) is 14.5. The lowest BCUT2D eigenvalue weighted by Crippen LogP contribution is -2.59. The zero-order valence-corrected chi connectivity index (χ0v) is 17.4. The van der Waals surface area contributed by atoms with E-state index in [4.69, 9.17) is 0 Å². The summed E-state index contributed by atoms with van der Waals surface area (Å²) >= 11 is 3.58. The van der Waals surface area contributed by atoms with Crippen molar-refractivity contribution in [3.63, 3.8) is 0 Å². The largest absolute Gasteiger partial charge is 0.347 e. The molecule has 2 aromatic rings. The van der Waals surface area contributed by atoms with Gasteiger partial charge >= 0.3 is 0 Å². The van der Waals surface area contributed by atoms with E-state index in [1.54, 1.807) is 0 Å². The highest BCUT2D eigenvalue weighted by molar-refractivity contribution is 9.10. The highest BCUT2D eigenvalue weighted by Crippen LogP contribution is 2.55. The van der Waals surface area contributed by atoms with Gasteiger partial charge in [0.05, 0.1) is 0 Å². The number of aryl methyl sites for hydroxylation is 1. The Labute approximate surface area is 169 Å². The molecule has 0 radical (unpaired) electrons. The Balaban J connectivity index is 1.46. The van der Waals surface area contributed by atoms with Crippen molar-refractivity contribution in [3.8, 4) is 11.1 Å². The van der Waals surface area contributed by atoms with E-state index < -0.39 is 0 Å². The number of hydrogen-bond acceptors (Lipinski definition) is 1. The molecule has 0 saturated heterocycles. The molecule has 0 aromatic heterocycles. The summed E-state index contributed by atoms with van der Waals surface area (Å²) in [6.07, 6.45) is 7.72. The maximum absolute atomic E-state index is 13.4. The van der Waals surface area contributed by atoms with E-state index in [2.05, 4.69) is 58.5 Å². The predicted molar refractivity (Wildman–Crippen MR) is 113 cm³/mol. The second-order valence-electron chi connectivity index (χ2n) is 9.21. The molecule has 4 aliphatic carbocycles. The van der Waals surface area contributed by atoms with E-state index >= 15 is 0 Å². The SMILES string of the molecule is Cc1ccc(-c2cc(Br)ccc2C(=O)NC23CC4CC(CC(C4)C2)C3)cc1. The molecular weight excluding hydrogens is 398 g/mol. The van der Waals surface area contributed by atoms with Gasteiger partial charge in [-0.15, -0.1) is 0 Å². The minimum absolute atomic E-state index is 0.0451. The van der Waals surface area contributed by atoms with Crippen LogP contribution in [0.1, 0.15) is 54.4 Å². The third-order valence-corrected chi connectivity index (χ3v) is 7.50. The fraction of sp³-hybridized carbons (Fsp3) is 0.458.